The minimum absolute atomic E-state index is 0.398. The van der Waals surface area contributed by atoms with E-state index in [4.69, 9.17) is 0 Å². The molecule has 0 bridgehead atoms. The molecule has 3 rings (SSSR count). The Bertz CT molecular complexity index is 940. The highest BCUT2D eigenvalue weighted by atomic mass is 32.2. The van der Waals surface area contributed by atoms with Crippen molar-refractivity contribution in [1.82, 2.24) is 9.78 Å². The van der Waals surface area contributed by atoms with Gasteiger partial charge in [-0.2, -0.15) is 13.9 Å². The van der Waals surface area contributed by atoms with Crippen LogP contribution in [0.1, 0.15) is 5.56 Å². The van der Waals surface area contributed by atoms with Crippen molar-refractivity contribution in [2.45, 2.75) is 17.2 Å². The van der Waals surface area contributed by atoms with Crippen molar-refractivity contribution in [3.05, 3.63) is 72.6 Å². The van der Waals surface area contributed by atoms with Crippen LogP contribution in [0.5, 0.6) is 0 Å². The molecule has 1 N–H and O–H groups in total. The summed E-state index contributed by atoms with van der Waals surface area (Å²) in [6.07, 6.45) is 3.52. The fourth-order valence-electron chi connectivity index (χ4n) is 2.36. The highest BCUT2D eigenvalue weighted by Gasteiger charge is 2.26. The van der Waals surface area contributed by atoms with Gasteiger partial charge >= 0.3 is 5.76 Å². The van der Waals surface area contributed by atoms with Crippen LogP contribution in [0.4, 0.5) is 14.5 Å². The molecule has 3 aromatic rings. The number of nitrogens with one attached hydrogen (secondary N) is 1. The largest absolute Gasteiger partial charge is 0.381 e. The third-order valence-corrected chi connectivity index (χ3v) is 5.04. The van der Waals surface area contributed by atoms with E-state index in [0.717, 1.165) is 11.3 Å². The first-order chi connectivity index (χ1) is 12.0. The molecule has 0 amide bonds. The average molecular weight is 363 g/mol. The molecule has 25 heavy (non-hydrogen) atoms. The zero-order valence-corrected chi connectivity index (χ0v) is 13.8. The number of aromatic nitrogens is 2. The summed E-state index contributed by atoms with van der Waals surface area (Å²) >= 11 is 0. The summed E-state index contributed by atoms with van der Waals surface area (Å²) in [6, 6.07) is 14.8. The number of rotatable bonds is 6. The van der Waals surface area contributed by atoms with Crippen LogP contribution in [0.2, 0.25) is 0 Å². The molecule has 8 heteroatoms. The first-order valence-electron chi connectivity index (χ1n) is 7.42. The molecule has 0 aliphatic rings. The van der Waals surface area contributed by atoms with E-state index in [2.05, 4.69) is 10.4 Å². The van der Waals surface area contributed by atoms with Crippen LogP contribution in [-0.4, -0.2) is 24.0 Å². The molecule has 0 unspecified atom stereocenters. The smallest absolute Gasteiger partial charge is 0.341 e. The van der Waals surface area contributed by atoms with Gasteiger partial charge in [0.2, 0.25) is 9.84 Å². The van der Waals surface area contributed by atoms with Gasteiger partial charge < -0.3 is 5.32 Å². The highest BCUT2D eigenvalue weighted by molar-refractivity contribution is 7.91. The topological polar surface area (TPSA) is 64.0 Å². The van der Waals surface area contributed by atoms with Crippen molar-refractivity contribution in [2.75, 3.05) is 5.32 Å². The Morgan fingerprint density at radius 3 is 2.40 bits per heavy atom. The van der Waals surface area contributed by atoms with Gasteiger partial charge in [-0.3, -0.25) is 0 Å². The number of nitrogens with zero attached hydrogens (tertiary/aromatic N) is 2. The summed E-state index contributed by atoms with van der Waals surface area (Å²) in [4.78, 5) is -0.398. The fraction of sp³-hybridized carbons (Fsp3) is 0.118. The predicted octanol–water partition coefficient (Wildman–Crippen LogP) is 3.48. The number of benzene rings is 2. The van der Waals surface area contributed by atoms with Crippen molar-refractivity contribution >= 4 is 15.5 Å². The van der Waals surface area contributed by atoms with Crippen molar-refractivity contribution in [1.29, 1.82) is 0 Å². The van der Waals surface area contributed by atoms with E-state index >= 15 is 0 Å². The Morgan fingerprint density at radius 2 is 1.76 bits per heavy atom. The minimum Gasteiger partial charge on any atom is -0.381 e. The number of sulfone groups is 1. The number of halogens is 2. The van der Waals surface area contributed by atoms with E-state index in [9.17, 15) is 17.2 Å². The lowest BCUT2D eigenvalue weighted by Crippen LogP contribution is -2.11. The normalized spacial score (nSPS) is 11.6. The molecule has 0 fully saturated rings. The average Bonchev–Trinajstić information content (AvgIpc) is 3.15. The molecule has 0 spiro atoms. The molecule has 130 valence electrons. The molecule has 0 atom stereocenters. The lowest BCUT2D eigenvalue weighted by Gasteiger charge is -2.12. The van der Waals surface area contributed by atoms with Crippen LogP contribution in [-0.2, 0) is 16.4 Å². The van der Waals surface area contributed by atoms with Crippen LogP contribution in [0.15, 0.2) is 71.9 Å². The number of para-hydroxylation sites is 1. The molecule has 0 radical (unpaired) electrons. The molecule has 0 aliphatic carbocycles. The minimum atomic E-state index is -4.57. The van der Waals surface area contributed by atoms with E-state index in [1.807, 2.05) is 36.5 Å². The maximum atomic E-state index is 12.5. The lowest BCUT2D eigenvalue weighted by molar-refractivity contribution is 0.234. The molecule has 1 heterocycles. The summed E-state index contributed by atoms with van der Waals surface area (Å²) in [7, 11) is -4.57. The van der Waals surface area contributed by atoms with Gasteiger partial charge in [0, 0.05) is 24.6 Å². The summed E-state index contributed by atoms with van der Waals surface area (Å²) < 4.78 is 49.7. The third-order valence-electron chi connectivity index (χ3n) is 3.64. The van der Waals surface area contributed by atoms with Crippen LogP contribution in [0, 0.1) is 0 Å². The van der Waals surface area contributed by atoms with Gasteiger partial charge in [0.25, 0.3) is 0 Å². The Hall–Kier alpha value is -2.74. The predicted molar refractivity (Wildman–Crippen MR) is 90.5 cm³/mol. The quantitative estimate of drug-likeness (QED) is 0.728. The molecule has 5 nitrogen and oxygen atoms in total. The van der Waals surface area contributed by atoms with E-state index in [1.54, 1.807) is 10.9 Å². The lowest BCUT2D eigenvalue weighted by atomic mass is 10.1. The van der Waals surface area contributed by atoms with Crippen molar-refractivity contribution in [3.8, 4) is 5.69 Å². The molecule has 0 saturated carbocycles. The van der Waals surface area contributed by atoms with Crippen LogP contribution >= 0.6 is 0 Å². The van der Waals surface area contributed by atoms with Gasteiger partial charge in [-0.25, -0.2) is 13.1 Å². The first-order valence-corrected chi connectivity index (χ1v) is 8.97. The van der Waals surface area contributed by atoms with E-state index in [1.165, 1.54) is 24.3 Å². The summed E-state index contributed by atoms with van der Waals surface area (Å²) in [5.74, 6) is -3.42. The Kier molecular flexibility index (Phi) is 4.80. The molecule has 1 aromatic heterocycles. The first kappa shape index (κ1) is 17.1. The SMILES string of the molecule is O=S(=O)(c1ccc(NCc2ccccc2-n2cccn2)cc1)C(F)F. The zero-order chi connectivity index (χ0) is 17.9. The second-order valence-corrected chi connectivity index (χ2v) is 7.18. The summed E-state index contributed by atoms with van der Waals surface area (Å²) in [6.45, 7) is 0.469. The second kappa shape index (κ2) is 7.02. The second-order valence-electron chi connectivity index (χ2n) is 5.26. The number of hydrogen-bond donors (Lipinski definition) is 1. The number of alkyl halides is 2. The highest BCUT2D eigenvalue weighted by Crippen LogP contribution is 2.21. The fourth-order valence-corrected chi connectivity index (χ4v) is 3.08. The van der Waals surface area contributed by atoms with E-state index < -0.39 is 20.5 Å². The maximum absolute atomic E-state index is 12.5. The van der Waals surface area contributed by atoms with Crippen molar-refractivity contribution in [3.63, 3.8) is 0 Å². The van der Waals surface area contributed by atoms with Gasteiger partial charge in [0.05, 0.1) is 10.6 Å². The van der Waals surface area contributed by atoms with Gasteiger partial charge in [0.1, 0.15) is 0 Å². The Morgan fingerprint density at radius 1 is 1.04 bits per heavy atom. The van der Waals surface area contributed by atoms with Crippen LogP contribution in [0.3, 0.4) is 0 Å². The monoisotopic (exact) mass is 363 g/mol. The van der Waals surface area contributed by atoms with Gasteiger partial charge in [-0.05, 0) is 42.0 Å². The molecule has 2 aromatic carbocycles. The van der Waals surface area contributed by atoms with Crippen LogP contribution < -0.4 is 5.32 Å². The molecular weight excluding hydrogens is 348 g/mol. The van der Waals surface area contributed by atoms with Gasteiger partial charge in [-0.15, -0.1) is 0 Å². The van der Waals surface area contributed by atoms with E-state index in [-0.39, 0.29) is 0 Å². The molecule has 0 saturated heterocycles. The summed E-state index contributed by atoms with van der Waals surface area (Å²) in [5, 5.41) is 7.36. The third kappa shape index (κ3) is 3.69. The standard InChI is InChI=1S/C17H15F2N3O2S/c18-17(19)25(23,24)15-8-6-14(7-9-15)20-12-13-4-1-2-5-16(13)22-11-3-10-21-22/h1-11,17,20H,12H2. The van der Waals surface area contributed by atoms with E-state index in [0.29, 0.717) is 12.2 Å². The maximum Gasteiger partial charge on any atom is 0.341 e. The number of anilines is 1. The molecule has 0 aliphatic heterocycles. The van der Waals surface area contributed by atoms with Gasteiger partial charge in [-0.1, -0.05) is 18.2 Å². The van der Waals surface area contributed by atoms with Crippen molar-refractivity contribution in [2.24, 2.45) is 0 Å². The Balaban J connectivity index is 1.75. The molecular formula is C17H15F2N3O2S. The Labute approximate surface area is 143 Å². The van der Waals surface area contributed by atoms with Gasteiger partial charge in [0.15, 0.2) is 0 Å². The number of hydrogen-bond acceptors (Lipinski definition) is 4. The van der Waals surface area contributed by atoms with Crippen LogP contribution in [0.25, 0.3) is 5.69 Å². The summed E-state index contributed by atoms with van der Waals surface area (Å²) in [5.41, 5.74) is 2.52. The zero-order valence-electron chi connectivity index (χ0n) is 13.0. The van der Waals surface area contributed by atoms with Crippen molar-refractivity contribution < 1.29 is 17.2 Å².